The third kappa shape index (κ3) is 3.82. The van der Waals surface area contributed by atoms with E-state index in [1.165, 1.54) is 0 Å². The number of morpholine rings is 1. The Bertz CT molecular complexity index is 592. The van der Waals surface area contributed by atoms with Crippen LogP contribution in [-0.4, -0.2) is 50.1 Å². The first-order valence-electron chi connectivity index (χ1n) is 7.69. The number of carbonyl (C=O) groups excluding carboxylic acids is 2. The zero-order chi connectivity index (χ0) is 17.0. The fourth-order valence-corrected chi connectivity index (χ4v) is 2.46. The molecule has 1 fully saturated rings. The van der Waals surface area contributed by atoms with E-state index in [2.05, 4.69) is 5.32 Å². The molecule has 0 spiro atoms. The quantitative estimate of drug-likeness (QED) is 0.860. The molecule has 126 valence electrons. The lowest BCUT2D eigenvalue weighted by atomic mass is 9.90. The molecule has 1 heterocycles. The standard InChI is InChI=1S/C17H24N2O4/c1-12-5-6-14(22-4)13(11-12)18-15(20)17(2,3)16(21)19-7-9-23-10-8-19/h5-6,11H,7-10H2,1-4H3,(H,18,20). The topological polar surface area (TPSA) is 67.9 Å². The molecule has 0 aliphatic carbocycles. The third-order valence-corrected chi connectivity index (χ3v) is 4.00. The van der Waals surface area contributed by atoms with Gasteiger partial charge in [-0.1, -0.05) is 6.07 Å². The zero-order valence-corrected chi connectivity index (χ0v) is 14.1. The van der Waals surface area contributed by atoms with Crippen LogP contribution >= 0.6 is 0 Å². The SMILES string of the molecule is COc1ccc(C)cc1NC(=O)C(C)(C)C(=O)N1CCOCC1. The fourth-order valence-electron chi connectivity index (χ4n) is 2.46. The number of hydrogen-bond donors (Lipinski definition) is 1. The van der Waals surface area contributed by atoms with Crippen LogP contribution in [0.4, 0.5) is 5.69 Å². The molecule has 0 saturated carbocycles. The van der Waals surface area contributed by atoms with Crippen LogP contribution in [0.15, 0.2) is 18.2 Å². The van der Waals surface area contributed by atoms with Crippen molar-refractivity contribution in [2.24, 2.45) is 5.41 Å². The Morgan fingerprint density at radius 2 is 1.91 bits per heavy atom. The number of methoxy groups -OCH3 is 1. The van der Waals surface area contributed by atoms with Crippen molar-refractivity contribution in [1.82, 2.24) is 4.90 Å². The molecule has 1 aromatic rings. The summed E-state index contributed by atoms with van der Waals surface area (Å²) >= 11 is 0. The minimum absolute atomic E-state index is 0.190. The van der Waals surface area contributed by atoms with Crippen molar-refractivity contribution in [2.45, 2.75) is 20.8 Å². The number of amides is 2. The molecule has 0 atom stereocenters. The molecule has 1 saturated heterocycles. The van der Waals surface area contributed by atoms with Crippen LogP contribution in [0.25, 0.3) is 0 Å². The third-order valence-electron chi connectivity index (χ3n) is 4.00. The predicted octanol–water partition coefficient (Wildman–Crippen LogP) is 1.83. The summed E-state index contributed by atoms with van der Waals surface area (Å²) in [6.07, 6.45) is 0. The number of anilines is 1. The van der Waals surface area contributed by atoms with Gasteiger partial charge in [-0.25, -0.2) is 0 Å². The smallest absolute Gasteiger partial charge is 0.239 e. The van der Waals surface area contributed by atoms with Crippen LogP contribution in [0.1, 0.15) is 19.4 Å². The van der Waals surface area contributed by atoms with E-state index >= 15 is 0 Å². The van der Waals surface area contributed by atoms with Crippen molar-refractivity contribution >= 4 is 17.5 Å². The highest BCUT2D eigenvalue weighted by Gasteiger charge is 2.39. The van der Waals surface area contributed by atoms with E-state index in [-0.39, 0.29) is 11.8 Å². The summed E-state index contributed by atoms with van der Waals surface area (Å²) in [7, 11) is 1.55. The Labute approximate surface area is 136 Å². The lowest BCUT2D eigenvalue weighted by Gasteiger charge is -2.33. The first kappa shape index (κ1) is 17.3. The molecule has 0 radical (unpaired) electrons. The molecule has 0 aromatic heterocycles. The first-order chi connectivity index (χ1) is 10.9. The Hall–Kier alpha value is -2.08. The molecule has 6 nitrogen and oxygen atoms in total. The molecule has 6 heteroatoms. The second kappa shape index (κ2) is 7.00. The summed E-state index contributed by atoms with van der Waals surface area (Å²) in [6.45, 7) is 7.26. The second-order valence-electron chi connectivity index (χ2n) is 6.19. The fraction of sp³-hybridized carbons (Fsp3) is 0.529. The Morgan fingerprint density at radius 3 is 2.52 bits per heavy atom. The van der Waals surface area contributed by atoms with Gasteiger partial charge in [-0.05, 0) is 38.5 Å². The van der Waals surface area contributed by atoms with Crippen molar-refractivity contribution in [1.29, 1.82) is 0 Å². The van der Waals surface area contributed by atoms with Gasteiger partial charge in [-0.15, -0.1) is 0 Å². The van der Waals surface area contributed by atoms with Crippen LogP contribution in [-0.2, 0) is 14.3 Å². The maximum atomic E-state index is 12.7. The Kier molecular flexibility index (Phi) is 5.26. The first-order valence-corrected chi connectivity index (χ1v) is 7.69. The Balaban J connectivity index is 2.15. The number of hydrogen-bond acceptors (Lipinski definition) is 4. The van der Waals surface area contributed by atoms with Crippen molar-refractivity contribution in [2.75, 3.05) is 38.7 Å². The maximum Gasteiger partial charge on any atom is 0.239 e. The van der Waals surface area contributed by atoms with E-state index in [1.807, 2.05) is 19.1 Å². The van der Waals surface area contributed by atoms with Gasteiger partial charge in [0, 0.05) is 13.1 Å². The van der Waals surface area contributed by atoms with E-state index < -0.39 is 5.41 Å². The van der Waals surface area contributed by atoms with Gasteiger partial charge in [0.25, 0.3) is 0 Å². The van der Waals surface area contributed by atoms with Gasteiger partial charge < -0.3 is 19.7 Å². The number of nitrogens with one attached hydrogen (secondary N) is 1. The number of benzene rings is 1. The molecule has 0 bridgehead atoms. The van der Waals surface area contributed by atoms with Crippen LogP contribution in [0.2, 0.25) is 0 Å². The highest BCUT2D eigenvalue weighted by molar-refractivity contribution is 6.10. The summed E-state index contributed by atoms with van der Waals surface area (Å²) in [5.74, 6) is 0.0291. The van der Waals surface area contributed by atoms with Crippen LogP contribution < -0.4 is 10.1 Å². The van der Waals surface area contributed by atoms with Gasteiger partial charge in [0.15, 0.2) is 0 Å². The van der Waals surface area contributed by atoms with Gasteiger partial charge in [0.05, 0.1) is 26.0 Å². The van der Waals surface area contributed by atoms with E-state index in [0.717, 1.165) is 5.56 Å². The lowest BCUT2D eigenvalue weighted by Crippen LogP contribution is -2.51. The van der Waals surface area contributed by atoms with Crippen LogP contribution in [0.3, 0.4) is 0 Å². The molecule has 1 aliphatic heterocycles. The average Bonchev–Trinajstić information content (AvgIpc) is 2.55. The van der Waals surface area contributed by atoms with E-state index in [0.29, 0.717) is 37.7 Å². The van der Waals surface area contributed by atoms with Gasteiger partial charge in [-0.2, -0.15) is 0 Å². The lowest BCUT2D eigenvalue weighted by molar-refractivity contribution is -0.149. The van der Waals surface area contributed by atoms with Crippen LogP contribution in [0.5, 0.6) is 5.75 Å². The molecule has 1 aromatic carbocycles. The zero-order valence-electron chi connectivity index (χ0n) is 14.1. The minimum Gasteiger partial charge on any atom is -0.495 e. The highest BCUT2D eigenvalue weighted by Crippen LogP contribution is 2.28. The minimum atomic E-state index is -1.16. The molecular formula is C17H24N2O4. The largest absolute Gasteiger partial charge is 0.495 e. The summed E-state index contributed by atoms with van der Waals surface area (Å²) in [6, 6.07) is 5.52. The van der Waals surface area contributed by atoms with E-state index in [1.54, 1.807) is 31.9 Å². The summed E-state index contributed by atoms with van der Waals surface area (Å²) in [4.78, 5) is 27.0. The van der Waals surface area contributed by atoms with Crippen molar-refractivity contribution in [3.8, 4) is 5.75 Å². The van der Waals surface area contributed by atoms with Crippen molar-refractivity contribution in [3.63, 3.8) is 0 Å². The molecule has 1 N–H and O–H groups in total. The predicted molar refractivity (Wildman–Crippen MR) is 87.5 cm³/mol. The van der Waals surface area contributed by atoms with Gasteiger partial charge in [0.2, 0.25) is 11.8 Å². The van der Waals surface area contributed by atoms with E-state index in [4.69, 9.17) is 9.47 Å². The molecule has 23 heavy (non-hydrogen) atoms. The van der Waals surface area contributed by atoms with Gasteiger partial charge in [-0.3, -0.25) is 9.59 Å². The number of aryl methyl sites for hydroxylation is 1. The molecule has 2 amide bonds. The number of ether oxygens (including phenoxy) is 2. The molecule has 2 rings (SSSR count). The molecule has 0 unspecified atom stereocenters. The monoisotopic (exact) mass is 320 g/mol. The van der Waals surface area contributed by atoms with Gasteiger partial charge in [0.1, 0.15) is 11.2 Å². The number of nitrogens with zero attached hydrogens (tertiary/aromatic N) is 1. The summed E-state index contributed by atoms with van der Waals surface area (Å²) < 4.78 is 10.5. The van der Waals surface area contributed by atoms with Gasteiger partial charge >= 0.3 is 0 Å². The second-order valence-corrected chi connectivity index (χ2v) is 6.19. The summed E-state index contributed by atoms with van der Waals surface area (Å²) in [5, 5.41) is 2.82. The van der Waals surface area contributed by atoms with Crippen molar-refractivity contribution in [3.05, 3.63) is 23.8 Å². The number of rotatable bonds is 4. The number of carbonyl (C=O) groups is 2. The molecular weight excluding hydrogens is 296 g/mol. The highest BCUT2D eigenvalue weighted by atomic mass is 16.5. The molecule has 1 aliphatic rings. The van der Waals surface area contributed by atoms with Crippen LogP contribution in [0, 0.1) is 12.3 Å². The summed E-state index contributed by atoms with van der Waals surface area (Å²) in [5.41, 5.74) is 0.408. The van der Waals surface area contributed by atoms with Crippen molar-refractivity contribution < 1.29 is 19.1 Å². The Morgan fingerprint density at radius 1 is 1.26 bits per heavy atom. The average molecular weight is 320 g/mol. The van der Waals surface area contributed by atoms with E-state index in [9.17, 15) is 9.59 Å². The normalized spacial score (nSPS) is 15.2. The maximum absolute atomic E-state index is 12.7.